The third-order valence-electron chi connectivity index (χ3n) is 6.95. The van der Waals surface area contributed by atoms with Gasteiger partial charge in [-0.25, -0.2) is 4.79 Å². The summed E-state index contributed by atoms with van der Waals surface area (Å²) in [7, 11) is 4.80. The van der Waals surface area contributed by atoms with E-state index >= 15 is 0 Å². The number of primary amides is 1. The largest absolute Gasteiger partial charge is 0.449 e. The van der Waals surface area contributed by atoms with E-state index in [-0.39, 0.29) is 36.0 Å². The Morgan fingerprint density at radius 1 is 1.29 bits per heavy atom. The van der Waals surface area contributed by atoms with E-state index in [9.17, 15) is 14.4 Å². The minimum absolute atomic E-state index is 0.0707. The Morgan fingerprint density at radius 3 is 2.71 bits per heavy atom. The van der Waals surface area contributed by atoms with Crippen LogP contribution in [0.3, 0.4) is 0 Å². The topological polar surface area (TPSA) is 159 Å². The van der Waals surface area contributed by atoms with Crippen LogP contribution in [0.1, 0.15) is 6.92 Å². The zero-order valence-corrected chi connectivity index (χ0v) is 21.0. The summed E-state index contributed by atoms with van der Waals surface area (Å²) in [5.74, 6) is -0.420. The second-order valence-electron chi connectivity index (χ2n) is 8.82. The number of hydrogen-bond acceptors (Lipinski definition) is 11. The van der Waals surface area contributed by atoms with Crippen molar-refractivity contribution in [2.75, 3.05) is 38.3 Å². The molecule has 3 heterocycles. The van der Waals surface area contributed by atoms with Crippen LogP contribution in [0.5, 0.6) is 0 Å². The molecule has 4 aliphatic rings. The van der Waals surface area contributed by atoms with E-state index in [2.05, 4.69) is 10.6 Å². The molecule has 0 bridgehead atoms. The summed E-state index contributed by atoms with van der Waals surface area (Å²) in [6.45, 7) is 2.55. The molecule has 35 heavy (non-hydrogen) atoms. The van der Waals surface area contributed by atoms with Crippen molar-refractivity contribution in [3.8, 4) is 0 Å². The molecule has 10 nitrogen and oxygen atoms in total. The molecule has 1 aromatic rings. The summed E-state index contributed by atoms with van der Waals surface area (Å²) in [4.78, 5) is 41.6. The fourth-order valence-electron chi connectivity index (χ4n) is 5.35. The van der Waals surface area contributed by atoms with Crippen LogP contribution in [0, 0.1) is 5.92 Å². The summed E-state index contributed by atoms with van der Waals surface area (Å²) in [5, 5.41) is 6.52. The summed E-state index contributed by atoms with van der Waals surface area (Å²) in [5.41, 5.74) is 12.0. The minimum Gasteiger partial charge on any atom is -0.449 e. The van der Waals surface area contributed by atoms with Crippen LogP contribution < -0.4 is 22.1 Å². The SMILES string of the molecule is CO[C@@]12C(COC(N)=O)C3=C(C(=O)C(C)=C(NCCSSc4ccc(N)cc4)C3=O)N1CC1NC12. The van der Waals surface area contributed by atoms with E-state index in [1.165, 1.54) is 0 Å². The second kappa shape index (κ2) is 9.08. The first kappa shape index (κ1) is 24.0. The Kier molecular flexibility index (Phi) is 6.24. The molecule has 3 unspecified atom stereocenters. The van der Waals surface area contributed by atoms with Crippen molar-refractivity contribution >= 4 is 44.9 Å². The molecule has 1 aromatic carbocycles. The molecule has 1 aliphatic carbocycles. The third-order valence-corrected chi connectivity index (χ3v) is 9.33. The first-order valence-electron chi connectivity index (χ1n) is 11.2. The number of nitrogens with one attached hydrogen (secondary N) is 2. The number of anilines is 1. The number of allylic oxidation sites excluding steroid dienone is 2. The van der Waals surface area contributed by atoms with Crippen LogP contribution in [0.15, 0.2) is 51.7 Å². The number of carbonyl (C=O) groups excluding carboxylic acids is 3. The predicted molar refractivity (Wildman–Crippen MR) is 133 cm³/mol. The monoisotopic (exact) mass is 517 g/mol. The van der Waals surface area contributed by atoms with Crippen LogP contribution in [0.2, 0.25) is 0 Å². The molecule has 0 radical (unpaired) electrons. The first-order chi connectivity index (χ1) is 16.8. The van der Waals surface area contributed by atoms with Gasteiger partial charge in [0.1, 0.15) is 6.61 Å². The van der Waals surface area contributed by atoms with Crippen molar-refractivity contribution < 1.29 is 23.9 Å². The van der Waals surface area contributed by atoms with E-state index < -0.39 is 17.7 Å². The molecule has 0 spiro atoms. The normalized spacial score (nSPS) is 28.7. The number of nitrogens with two attached hydrogens (primary N) is 2. The van der Waals surface area contributed by atoms with E-state index in [1.54, 1.807) is 35.6 Å². The lowest BCUT2D eigenvalue weighted by atomic mass is 9.82. The van der Waals surface area contributed by atoms with Gasteiger partial charge in [0, 0.05) is 53.7 Å². The van der Waals surface area contributed by atoms with Crippen LogP contribution in [0.25, 0.3) is 0 Å². The number of nitrogens with zero attached hydrogens (tertiary/aromatic N) is 1. The number of benzene rings is 1. The predicted octanol–water partition coefficient (Wildman–Crippen LogP) is 1.00. The number of fused-ring (bicyclic) bond motifs is 4. The number of rotatable bonds is 9. The third kappa shape index (κ3) is 3.88. The molecule has 1 amide bonds. The molecule has 0 aromatic heterocycles. The highest BCUT2D eigenvalue weighted by atomic mass is 33.1. The molecular weight excluding hydrogens is 490 g/mol. The van der Waals surface area contributed by atoms with Crippen LogP contribution in [-0.4, -0.2) is 72.9 Å². The number of ether oxygens (including phenoxy) is 2. The van der Waals surface area contributed by atoms with Gasteiger partial charge in [0.2, 0.25) is 11.6 Å². The first-order valence-corrected chi connectivity index (χ1v) is 13.6. The van der Waals surface area contributed by atoms with Gasteiger partial charge in [-0.15, -0.1) is 0 Å². The van der Waals surface area contributed by atoms with E-state index in [0.29, 0.717) is 41.4 Å². The quantitative estimate of drug-likeness (QED) is 0.122. The van der Waals surface area contributed by atoms with Crippen molar-refractivity contribution in [3.05, 3.63) is 46.8 Å². The molecule has 0 saturated carbocycles. The maximum absolute atomic E-state index is 13.7. The van der Waals surface area contributed by atoms with Gasteiger partial charge in [-0.3, -0.25) is 9.59 Å². The number of hydrogen-bond donors (Lipinski definition) is 4. The molecule has 2 saturated heterocycles. The van der Waals surface area contributed by atoms with Gasteiger partial charge in [0.25, 0.3) is 0 Å². The summed E-state index contributed by atoms with van der Waals surface area (Å²) >= 11 is 0. The Hall–Kier alpha value is -2.67. The van der Waals surface area contributed by atoms with Crippen molar-refractivity contribution in [1.29, 1.82) is 0 Å². The standard InChI is InChI=1S/C23H27N5O5S2/c1-11-17(26-7-8-34-35-13-5-3-12(24)4-6-13)20(30)16-14(10-33-22(25)31)23(32-2)21-15(27-21)9-28(23)18(16)19(11)29/h3-6,14-15,21,26-27H,7-10,24H2,1-2H3,(H2,25,31)/t14?,15?,21?,23-/m1/s1. The van der Waals surface area contributed by atoms with Crippen LogP contribution in [-0.2, 0) is 19.1 Å². The zero-order valence-electron chi connectivity index (χ0n) is 19.3. The lowest BCUT2D eigenvalue weighted by Crippen LogP contribution is -2.55. The number of Topliss-reactive ketones (excluding diaryl/α,β-unsaturated/α-hetero) is 2. The number of amides is 1. The number of carbonyl (C=O) groups is 3. The fourth-order valence-corrected chi connectivity index (χ4v) is 7.25. The molecule has 3 aliphatic heterocycles. The van der Waals surface area contributed by atoms with E-state index in [4.69, 9.17) is 20.9 Å². The van der Waals surface area contributed by atoms with Crippen molar-refractivity contribution in [3.63, 3.8) is 0 Å². The smallest absolute Gasteiger partial charge is 0.404 e. The Balaban J connectivity index is 1.31. The Labute approximate surface area is 210 Å². The maximum Gasteiger partial charge on any atom is 0.404 e. The highest BCUT2D eigenvalue weighted by Gasteiger charge is 2.72. The van der Waals surface area contributed by atoms with Crippen LogP contribution >= 0.6 is 21.6 Å². The summed E-state index contributed by atoms with van der Waals surface area (Å²) in [6.07, 6.45) is -0.939. The van der Waals surface area contributed by atoms with Gasteiger partial charge in [-0.2, -0.15) is 0 Å². The molecule has 6 N–H and O–H groups in total. The number of ketones is 2. The van der Waals surface area contributed by atoms with Gasteiger partial charge in [0.15, 0.2) is 5.72 Å². The average molecular weight is 518 g/mol. The summed E-state index contributed by atoms with van der Waals surface area (Å²) < 4.78 is 11.1. The van der Waals surface area contributed by atoms with Gasteiger partial charge in [-0.1, -0.05) is 21.6 Å². The molecule has 2 fully saturated rings. The van der Waals surface area contributed by atoms with Crippen molar-refractivity contribution in [1.82, 2.24) is 15.5 Å². The van der Waals surface area contributed by atoms with Crippen molar-refractivity contribution in [2.45, 2.75) is 29.6 Å². The van der Waals surface area contributed by atoms with Gasteiger partial charge < -0.3 is 36.5 Å². The molecule has 186 valence electrons. The Bertz CT molecular complexity index is 1150. The molecule has 5 rings (SSSR count). The van der Waals surface area contributed by atoms with Crippen molar-refractivity contribution in [2.24, 2.45) is 11.7 Å². The second-order valence-corrected chi connectivity index (χ2v) is 11.3. The van der Waals surface area contributed by atoms with E-state index in [0.717, 1.165) is 4.90 Å². The van der Waals surface area contributed by atoms with E-state index in [1.807, 2.05) is 29.2 Å². The fraction of sp³-hybridized carbons (Fsp3) is 0.435. The maximum atomic E-state index is 13.7. The lowest BCUT2D eigenvalue weighted by Gasteiger charge is -2.39. The molecule has 4 atom stereocenters. The number of piperazine rings is 1. The molecule has 12 heteroatoms. The number of nitrogen functional groups attached to an aromatic ring is 1. The lowest BCUT2D eigenvalue weighted by molar-refractivity contribution is -0.137. The van der Waals surface area contributed by atoms with Gasteiger partial charge in [0.05, 0.1) is 23.4 Å². The average Bonchev–Trinajstić information content (AvgIpc) is 3.45. The summed E-state index contributed by atoms with van der Waals surface area (Å²) in [6, 6.07) is 7.70. The zero-order chi connectivity index (χ0) is 24.9. The molecular formula is C23H27N5O5S2. The van der Waals surface area contributed by atoms with Gasteiger partial charge >= 0.3 is 6.09 Å². The highest BCUT2D eigenvalue weighted by Crippen LogP contribution is 2.55. The Morgan fingerprint density at radius 2 is 2.03 bits per heavy atom. The number of methoxy groups -OCH3 is 1. The highest BCUT2D eigenvalue weighted by molar-refractivity contribution is 8.76. The van der Waals surface area contributed by atoms with Gasteiger partial charge in [-0.05, 0) is 31.2 Å². The van der Waals surface area contributed by atoms with Crippen LogP contribution in [0.4, 0.5) is 10.5 Å². The minimum atomic E-state index is -0.975.